The smallest absolute Gasteiger partial charge is 0.0722 e. The van der Waals surface area contributed by atoms with Gasteiger partial charge in [0, 0.05) is 13.2 Å². The summed E-state index contributed by atoms with van der Waals surface area (Å²) in [5.74, 6) is 1.31. The summed E-state index contributed by atoms with van der Waals surface area (Å²) in [6, 6.07) is 0. The Hall–Kier alpha value is -0.0800. The summed E-state index contributed by atoms with van der Waals surface area (Å²) in [5.41, 5.74) is 0. The van der Waals surface area contributed by atoms with Gasteiger partial charge in [-0.15, -0.1) is 0 Å². The molecule has 0 heterocycles. The Kier molecular flexibility index (Phi) is 8.20. The Balaban J connectivity index is 3.62. The van der Waals surface area contributed by atoms with Crippen molar-refractivity contribution < 1.29 is 4.74 Å². The first-order chi connectivity index (χ1) is 6.57. The van der Waals surface area contributed by atoms with Crippen LogP contribution >= 0.6 is 0 Å². The lowest BCUT2D eigenvalue weighted by atomic mass is 10.1. The van der Waals surface area contributed by atoms with E-state index in [0.29, 0.717) is 17.9 Å². The van der Waals surface area contributed by atoms with Crippen LogP contribution in [0.2, 0.25) is 0 Å². The van der Waals surface area contributed by atoms with Crippen LogP contribution in [0.3, 0.4) is 0 Å². The first-order valence-electron chi connectivity index (χ1n) is 5.90. The van der Waals surface area contributed by atoms with Crippen molar-refractivity contribution in [3.8, 4) is 0 Å². The minimum atomic E-state index is 0.369. The maximum absolute atomic E-state index is 5.77. The second-order valence-electron chi connectivity index (χ2n) is 4.71. The summed E-state index contributed by atoms with van der Waals surface area (Å²) < 4.78 is 5.77. The quantitative estimate of drug-likeness (QED) is 0.652. The van der Waals surface area contributed by atoms with Crippen molar-refractivity contribution in [2.75, 3.05) is 19.7 Å². The highest BCUT2D eigenvalue weighted by atomic mass is 16.5. The molecule has 0 fully saturated rings. The predicted octanol–water partition coefficient (Wildman–Crippen LogP) is 2.68. The molecule has 0 aromatic rings. The van der Waals surface area contributed by atoms with Crippen LogP contribution in [0, 0.1) is 11.8 Å². The van der Waals surface area contributed by atoms with Crippen LogP contribution in [0.25, 0.3) is 0 Å². The van der Waals surface area contributed by atoms with Gasteiger partial charge in [-0.05, 0) is 24.8 Å². The highest BCUT2D eigenvalue weighted by Gasteiger charge is 2.12. The Morgan fingerprint density at radius 1 is 1.07 bits per heavy atom. The summed E-state index contributed by atoms with van der Waals surface area (Å²) >= 11 is 0. The zero-order valence-corrected chi connectivity index (χ0v) is 10.5. The molecule has 0 aliphatic carbocycles. The van der Waals surface area contributed by atoms with E-state index in [-0.39, 0.29) is 0 Å². The second kappa shape index (κ2) is 8.25. The number of hydrogen-bond donors (Lipinski definition) is 1. The SMILES string of the molecule is CCCOC(CNCC(C)C)C(C)C. The summed E-state index contributed by atoms with van der Waals surface area (Å²) in [4.78, 5) is 0. The normalized spacial score (nSPS) is 13.9. The van der Waals surface area contributed by atoms with Crippen LogP contribution in [0.4, 0.5) is 0 Å². The average Bonchev–Trinajstić information content (AvgIpc) is 2.09. The molecule has 0 amide bonds. The Bertz CT molecular complexity index is 123. The van der Waals surface area contributed by atoms with E-state index < -0.39 is 0 Å². The van der Waals surface area contributed by atoms with Gasteiger partial charge in [0.25, 0.3) is 0 Å². The molecule has 1 atom stereocenters. The van der Waals surface area contributed by atoms with Gasteiger partial charge in [-0.2, -0.15) is 0 Å². The molecule has 2 heteroatoms. The van der Waals surface area contributed by atoms with Crippen LogP contribution in [-0.4, -0.2) is 25.8 Å². The molecule has 0 aliphatic heterocycles. The van der Waals surface area contributed by atoms with Crippen LogP contribution in [0.1, 0.15) is 41.0 Å². The van der Waals surface area contributed by atoms with E-state index in [1.54, 1.807) is 0 Å². The molecule has 0 saturated heterocycles. The maximum atomic E-state index is 5.77. The monoisotopic (exact) mass is 201 g/mol. The van der Waals surface area contributed by atoms with Gasteiger partial charge in [-0.1, -0.05) is 34.6 Å². The van der Waals surface area contributed by atoms with Crippen LogP contribution in [0.5, 0.6) is 0 Å². The Morgan fingerprint density at radius 3 is 2.14 bits per heavy atom. The third kappa shape index (κ3) is 7.34. The molecule has 0 rings (SSSR count). The Morgan fingerprint density at radius 2 is 1.71 bits per heavy atom. The summed E-state index contributed by atoms with van der Waals surface area (Å²) in [6.07, 6.45) is 1.47. The molecule has 1 N–H and O–H groups in total. The maximum Gasteiger partial charge on any atom is 0.0722 e. The van der Waals surface area contributed by atoms with Gasteiger partial charge in [-0.3, -0.25) is 0 Å². The van der Waals surface area contributed by atoms with Crippen LogP contribution in [-0.2, 0) is 4.74 Å². The topological polar surface area (TPSA) is 21.3 Å². The van der Waals surface area contributed by atoms with Crippen molar-refractivity contribution in [2.45, 2.75) is 47.1 Å². The summed E-state index contributed by atoms with van der Waals surface area (Å²) in [5, 5.41) is 3.45. The minimum Gasteiger partial charge on any atom is -0.377 e. The number of ether oxygens (including phenoxy) is 1. The molecule has 86 valence electrons. The van der Waals surface area contributed by atoms with E-state index in [1.807, 2.05) is 0 Å². The number of rotatable bonds is 8. The van der Waals surface area contributed by atoms with Gasteiger partial charge in [0.1, 0.15) is 0 Å². The zero-order valence-electron chi connectivity index (χ0n) is 10.5. The van der Waals surface area contributed by atoms with Crippen molar-refractivity contribution in [1.29, 1.82) is 0 Å². The summed E-state index contributed by atoms with van der Waals surface area (Å²) in [6.45, 7) is 14.0. The predicted molar refractivity (Wildman–Crippen MR) is 62.6 cm³/mol. The van der Waals surface area contributed by atoms with E-state index in [9.17, 15) is 0 Å². The highest BCUT2D eigenvalue weighted by Crippen LogP contribution is 2.06. The van der Waals surface area contributed by atoms with E-state index in [4.69, 9.17) is 4.74 Å². The van der Waals surface area contributed by atoms with Gasteiger partial charge in [0.2, 0.25) is 0 Å². The van der Waals surface area contributed by atoms with Gasteiger partial charge in [0.15, 0.2) is 0 Å². The van der Waals surface area contributed by atoms with Crippen molar-refractivity contribution >= 4 is 0 Å². The number of nitrogens with one attached hydrogen (secondary N) is 1. The molecular weight excluding hydrogens is 174 g/mol. The van der Waals surface area contributed by atoms with E-state index in [0.717, 1.165) is 26.1 Å². The second-order valence-corrected chi connectivity index (χ2v) is 4.71. The van der Waals surface area contributed by atoms with Crippen molar-refractivity contribution in [1.82, 2.24) is 5.32 Å². The molecule has 14 heavy (non-hydrogen) atoms. The molecule has 0 aromatic heterocycles. The van der Waals surface area contributed by atoms with Gasteiger partial charge >= 0.3 is 0 Å². The fourth-order valence-electron chi connectivity index (χ4n) is 1.27. The molecule has 1 unspecified atom stereocenters. The van der Waals surface area contributed by atoms with E-state index in [1.165, 1.54) is 0 Å². The zero-order chi connectivity index (χ0) is 11.0. The molecule has 0 spiro atoms. The molecule has 0 aliphatic rings. The number of hydrogen-bond acceptors (Lipinski definition) is 2. The molecular formula is C12H27NO. The first kappa shape index (κ1) is 13.9. The largest absolute Gasteiger partial charge is 0.377 e. The third-order valence-electron chi connectivity index (χ3n) is 2.18. The highest BCUT2D eigenvalue weighted by molar-refractivity contribution is 4.66. The van der Waals surface area contributed by atoms with Crippen molar-refractivity contribution in [3.63, 3.8) is 0 Å². The lowest BCUT2D eigenvalue weighted by Gasteiger charge is -2.22. The van der Waals surface area contributed by atoms with Gasteiger partial charge in [0.05, 0.1) is 6.10 Å². The lowest BCUT2D eigenvalue weighted by Crippen LogP contribution is -2.35. The molecule has 0 radical (unpaired) electrons. The molecule has 2 nitrogen and oxygen atoms in total. The average molecular weight is 201 g/mol. The molecule has 0 aromatic carbocycles. The lowest BCUT2D eigenvalue weighted by molar-refractivity contribution is 0.0230. The van der Waals surface area contributed by atoms with E-state index in [2.05, 4.69) is 39.9 Å². The van der Waals surface area contributed by atoms with Crippen LogP contribution < -0.4 is 5.32 Å². The van der Waals surface area contributed by atoms with Gasteiger partial charge in [-0.25, -0.2) is 0 Å². The van der Waals surface area contributed by atoms with Crippen molar-refractivity contribution in [2.24, 2.45) is 11.8 Å². The van der Waals surface area contributed by atoms with Gasteiger partial charge < -0.3 is 10.1 Å². The minimum absolute atomic E-state index is 0.369. The fourth-order valence-corrected chi connectivity index (χ4v) is 1.27. The van der Waals surface area contributed by atoms with Crippen LogP contribution in [0.15, 0.2) is 0 Å². The molecule has 0 bridgehead atoms. The van der Waals surface area contributed by atoms with Crippen molar-refractivity contribution in [3.05, 3.63) is 0 Å². The Labute approximate surface area is 89.4 Å². The standard InChI is InChI=1S/C12H27NO/c1-6-7-14-12(11(4)5)9-13-8-10(2)3/h10-13H,6-9H2,1-5H3. The molecule has 0 saturated carbocycles. The first-order valence-corrected chi connectivity index (χ1v) is 5.90. The van der Waals surface area contributed by atoms with E-state index >= 15 is 0 Å². The third-order valence-corrected chi connectivity index (χ3v) is 2.18. The fraction of sp³-hybridized carbons (Fsp3) is 1.00. The summed E-state index contributed by atoms with van der Waals surface area (Å²) in [7, 11) is 0.